The first-order chi connectivity index (χ1) is 9.49. The van der Waals surface area contributed by atoms with Crippen LogP contribution in [0.4, 0.5) is 6.01 Å². The van der Waals surface area contributed by atoms with Gasteiger partial charge in [0.05, 0.1) is 6.54 Å². The standard InChI is InChI=1S/C15H26N4O/c1-15(2,3)17-9-13-18-19-14(20-13)16-8-12-7-10-4-5-11(12)6-10/h10-12,17H,4-9H2,1-3H3,(H,16,19). The van der Waals surface area contributed by atoms with Gasteiger partial charge in [-0.1, -0.05) is 11.5 Å². The molecule has 1 aromatic rings. The summed E-state index contributed by atoms with van der Waals surface area (Å²) >= 11 is 0. The molecule has 3 rings (SSSR count). The fourth-order valence-electron chi connectivity index (χ4n) is 3.58. The van der Waals surface area contributed by atoms with E-state index in [1.54, 1.807) is 0 Å². The summed E-state index contributed by atoms with van der Waals surface area (Å²) in [5.74, 6) is 3.37. The van der Waals surface area contributed by atoms with Gasteiger partial charge in [0.25, 0.3) is 0 Å². The SMILES string of the molecule is CC(C)(C)NCc1nnc(NCC2CC3CCC2C3)o1. The number of hydrogen-bond acceptors (Lipinski definition) is 5. The normalized spacial score (nSPS) is 29.1. The highest BCUT2D eigenvalue weighted by molar-refractivity contribution is 5.17. The van der Waals surface area contributed by atoms with E-state index in [1.165, 1.54) is 25.7 Å². The molecule has 2 fully saturated rings. The van der Waals surface area contributed by atoms with Crippen molar-refractivity contribution < 1.29 is 4.42 Å². The third-order valence-corrected chi connectivity index (χ3v) is 4.64. The van der Waals surface area contributed by atoms with Crippen molar-refractivity contribution in [2.45, 2.75) is 58.5 Å². The van der Waals surface area contributed by atoms with Crippen LogP contribution in [0.1, 0.15) is 52.3 Å². The first-order valence-electron chi connectivity index (χ1n) is 7.81. The molecule has 0 radical (unpaired) electrons. The van der Waals surface area contributed by atoms with Crippen LogP contribution in [0.2, 0.25) is 0 Å². The highest BCUT2D eigenvalue weighted by Gasteiger charge is 2.39. The van der Waals surface area contributed by atoms with Gasteiger partial charge < -0.3 is 15.1 Å². The molecule has 5 heteroatoms. The molecule has 0 aliphatic heterocycles. The Labute approximate surface area is 120 Å². The maximum Gasteiger partial charge on any atom is 0.315 e. The molecule has 0 spiro atoms. The number of fused-ring (bicyclic) bond motifs is 2. The minimum absolute atomic E-state index is 0.0607. The summed E-state index contributed by atoms with van der Waals surface area (Å²) in [6.07, 6.45) is 5.69. The number of rotatable bonds is 5. The fraction of sp³-hybridized carbons (Fsp3) is 0.867. The average Bonchev–Trinajstić information content (AvgIpc) is 3.09. The van der Waals surface area contributed by atoms with Gasteiger partial charge in [-0.3, -0.25) is 0 Å². The van der Waals surface area contributed by atoms with Gasteiger partial charge in [0.15, 0.2) is 0 Å². The van der Waals surface area contributed by atoms with Crippen LogP contribution in [-0.4, -0.2) is 22.3 Å². The van der Waals surface area contributed by atoms with Crippen LogP contribution < -0.4 is 10.6 Å². The Morgan fingerprint density at radius 3 is 2.70 bits per heavy atom. The van der Waals surface area contributed by atoms with Gasteiger partial charge in [0, 0.05) is 12.1 Å². The lowest BCUT2D eigenvalue weighted by Crippen LogP contribution is -2.35. The molecular weight excluding hydrogens is 252 g/mol. The third kappa shape index (κ3) is 3.32. The summed E-state index contributed by atoms with van der Waals surface area (Å²) in [6.45, 7) is 7.97. The summed E-state index contributed by atoms with van der Waals surface area (Å²) in [5.41, 5.74) is 0.0607. The van der Waals surface area contributed by atoms with Crippen molar-refractivity contribution in [3.63, 3.8) is 0 Å². The number of hydrogen-bond donors (Lipinski definition) is 2. The van der Waals surface area contributed by atoms with Gasteiger partial charge in [-0.2, -0.15) is 0 Å². The molecule has 2 saturated carbocycles. The van der Waals surface area contributed by atoms with E-state index < -0.39 is 0 Å². The van der Waals surface area contributed by atoms with Crippen molar-refractivity contribution in [1.82, 2.24) is 15.5 Å². The molecule has 2 bridgehead atoms. The predicted octanol–water partition coefficient (Wildman–Crippen LogP) is 2.81. The number of aromatic nitrogens is 2. The Morgan fingerprint density at radius 1 is 1.20 bits per heavy atom. The maximum absolute atomic E-state index is 5.62. The molecule has 2 aliphatic carbocycles. The summed E-state index contributed by atoms with van der Waals surface area (Å²) in [6, 6.07) is 0.568. The summed E-state index contributed by atoms with van der Waals surface area (Å²) in [7, 11) is 0. The minimum Gasteiger partial charge on any atom is -0.407 e. The lowest BCUT2D eigenvalue weighted by Gasteiger charge is -2.21. The van der Waals surface area contributed by atoms with Gasteiger partial charge in [-0.05, 0) is 57.8 Å². The van der Waals surface area contributed by atoms with Crippen molar-refractivity contribution in [1.29, 1.82) is 0 Å². The molecule has 0 aromatic carbocycles. The molecule has 2 N–H and O–H groups in total. The van der Waals surface area contributed by atoms with Crippen molar-refractivity contribution >= 4 is 6.01 Å². The monoisotopic (exact) mass is 278 g/mol. The highest BCUT2D eigenvalue weighted by Crippen LogP contribution is 2.48. The lowest BCUT2D eigenvalue weighted by molar-refractivity contribution is 0.344. The Morgan fingerprint density at radius 2 is 2.05 bits per heavy atom. The predicted molar refractivity (Wildman–Crippen MR) is 78.3 cm³/mol. The van der Waals surface area contributed by atoms with Gasteiger partial charge in [-0.25, -0.2) is 0 Å². The molecule has 20 heavy (non-hydrogen) atoms. The van der Waals surface area contributed by atoms with Gasteiger partial charge in [0.2, 0.25) is 5.89 Å². The molecule has 2 aliphatic rings. The molecule has 1 heterocycles. The van der Waals surface area contributed by atoms with Crippen LogP contribution in [0.15, 0.2) is 4.42 Å². The Kier molecular flexibility index (Phi) is 3.71. The second-order valence-electron chi connectivity index (χ2n) is 7.42. The maximum atomic E-state index is 5.62. The zero-order valence-corrected chi connectivity index (χ0v) is 12.8. The van der Waals surface area contributed by atoms with E-state index in [4.69, 9.17) is 4.42 Å². The number of anilines is 1. The van der Waals surface area contributed by atoms with Crippen LogP contribution in [0, 0.1) is 17.8 Å². The van der Waals surface area contributed by atoms with Gasteiger partial charge in [-0.15, -0.1) is 5.10 Å². The summed E-state index contributed by atoms with van der Waals surface area (Å²) < 4.78 is 5.62. The van der Waals surface area contributed by atoms with E-state index in [2.05, 4.69) is 41.6 Å². The quantitative estimate of drug-likeness (QED) is 0.867. The molecule has 1 aromatic heterocycles. The van der Waals surface area contributed by atoms with Crippen LogP contribution in [0.5, 0.6) is 0 Å². The Bertz CT molecular complexity index is 451. The van der Waals surface area contributed by atoms with E-state index in [0.717, 1.165) is 24.3 Å². The summed E-state index contributed by atoms with van der Waals surface area (Å²) in [4.78, 5) is 0. The van der Waals surface area contributed by atoms with Crippen LogP contribution in [-0.2, 0) is 6.54 Å². The lowest BCUT2D eigenvalue weighted by atomic mass is 9.89. The largest absolute Gasteiger partial charge is 0.407 e. The molecule has 3 atom stereocenters. The van der Waals surface area contributed by atoms with Crippen LogP contribution in [0.25, 0.3) is 0 Å². The first kappa shape index (κ1) is 13.9. The molecular formula is C15H26N4O. The van der Waals surface area contributed by atoms with Crippen molar-refractivity contribution in [2.24, 2.45) is 17.8 Å². The van der Waals surface area contributed by atoms with E-state index in [1.807, 2.05) is 0 Å². The number of nitrogens with one attached hydrogen (secondary N) is 2. The molecule has 112 valence electrons. The third-order valence-electron chi connectivity index (χ3n) is 4.64. The number of nitrogens with zero attached hydrogens (tertiary/aromatic N) is 2. The van der Waals surface area contributed by atoms with Crippen molar-refractivity contribution in [3.8, 4) is 0 Å². The van der Waals surface area contributed by atoms with Crippen LogP contribution in [0.3, 0.4) is 0 Å². The topological polar surface area (TPSA) is 63.0 Å². The average molecular weight is 278 g/mol. The van der Waals surface area contributed by atoms with E-state index in [-0.39, 0.29) is 5.54 Å². The van der Waals surface area contributed by atoms with Crippen molar-refractivity contribution in [3.05, 3.63) is 5.89 Å². The summed E-state index contributed by atoms with van der Waals surface area (Å²) in [5, 5.41) is 14.8. The van der Waals surface area contributed by atoms with E-state index >= 15 is 0 Å². The van der Waals surface area contributed by atoms with Gasteiger partial charge in [0.1, 0.15) is 0 Å². The fourth-order valence-corrected chi connectivity index (χ4v) is 3.58. The zero-order chi connectivity index (χ0) is 14.2. The second kappa shape index (κ2) is 5.35. The van der Waals surface area contributed by atoms with E-state index in [0.29, 0.717) is 18.5 Å². The van der Waals surface area contributed by atoms with Gasteiger partial charge >= 0.3 is 6.01 Å². The second-order valence-corrected chi connectivity index (χ2v) is 7.42. The molecule has 0 saturated heterocycles. The smallest absolute Gasteiger partial charge is 0.315 e. The molecule has 5 nitrogen and oxygen atoms in total. The first-order valence-corrected chi connectivity index (χ1v) is 7.81. The van der Waals surface area contributed by atoms with E-state index in [9.17, 15) is 0 Å². The minimum atomic E-state index is 0.0607. The van der Waals surface area contributed by atoms with Crippen LogP contribution >= 0.6 is 0 Å². The molecule has 0 amide bonds. The molecule has 3 unspecified atom stereocenters. The zero-order valence-electron chi connectivity index (χ0n) is 12.8. The van der Waals surface area contributed by atoms with Crippen molar-refractivity contribution in [2.75, 3.05) is 11.9 Å². The Hall–Kier alpha value is -1.10. The Balaban J connectivity index is 1.45. The highest BCUT2D eigenvalue weighted by atomic mass is 16.4.